The fourth-order valence-electron chi connectivity index (χ4n) is 4.71. The summed E-state index contributed by atoms with van der Waals surface area (Å²) in [5.74, 6) is 0.422. The fraction of sp³-hybridized carbons (Fsp3) is 0.632. The number of amides is 1. The van der Waals surface area contributed by atoms with Crippen molar-refractivity contribution in [2.75, 3.05) is 0 Å². The van der Waals surface area contributed by atoms with E-state index in [1.807, 2.05) is 0 Å². The van der Waals surface area contributed by atoms with E-state index in [1.54, 1.807) is 6.07 Å². The van der Waals surface area contributed by atoms with Crippen molar-refractivity contribution in [2.24, 2.45) is 16.7 Å². The highest BCUT2D eigenvalue weighted by Crippen LogP contribution is 2.65. The molecule has 0 spiro atoms. The predicted octanol–water partition coefficient (Wildman–Crippen LogP) is 4.58. The van der Waals surface area contributed by atoms with Crippen molar-refractivity contribution in [1.82, 2.24) is 5.32 Å². The number of hydrogen-bond donors (Lipinski definition) is 1. The molecule has 3 rings (SSSR count). The third-order valence-electron chi connectivity index (χ3n) is 6.75. The highest BCUT2D eigenvalue weighted by molar-refractivity contribution is 5.79. The Kier molecular flexibility index (Phi) is 3.97. The SMILES string of the molecule is CC1(C)[C@H]2CC[C@]1(C)[C@H](NC(=O)Cc1cccc(C(F)(F)F)c1)C2. The van der Waals surface area contributed by atoms with E-state index in [-0.39, 0.29) is 29.2 Å². The van der Waals surface area contributed by atoms with E-state index in [0.29, 0.717) is 11.5 Å². The number of carbonyl (C=O) groups is 1. The van der Waals surface area contributed by atoms with Crippen LogP contribution in [-0.4, -0.2) is 11.9 Å². The molecule has 3 atom stereocenters. The molecule has 2 fully saturated rings. The Morgan fingerprint density at radius 1 is 1.29 bits per heavy atom. The number of nitrogens with one attached hydrogen (secondary N) is 1. The van der Waals surface area contributed by atoms with Gasteiger partial charge in [-0.25, -0.2) is 0 Å². The molecule has 0 aromatic heterocycles. The van der Waals surface area contributed by atoms with Gasteiger partial charge in [0.1, 0.15) is 0 Å². The van der Waals surface area contributed by atoms with Gasteiger partial charge in [0.05, 0.1) is 12.0 Å². The Morgan fingerprint density at radius 3 is 2.54 bits per heavy atom. The van der Waals surface area contributed by atoms with Crippen LogP contribution in [0.25, 0.3) is 0 Å². The van der Waals surface area contributed by atoms with Crippen molar-refractivity contribution in [3.63, 3.8) is 0 Å². The fourth-order valence-corrected chi connectivity index (χ4v) is 4.71. The van der Waals surface area contributed by atoms with Gasteiger partial charge in [-0.2, -0.15) is 13.2 Å². The highest BCUT2D eigenvalue weighted by atomic mass is 19.4. The number of benzene rings is 1. The predicted molar refractivity (Wildman–Crippen MR) is 86.3 cm³/mol. The third kappa shape index (κ3) is 2.72. The largest absolute Gasteiger partial charge is 0.416 e. The van der Waals surface area contributed by atoms with Crippen LogP contribution in [0.15, 0.2) is 24.3 Å². The number of halogens is 3. The lowest BCUT2D eigenvalue weighted by Gasteiger charge is -2.39. The summed E-state index contributed by atoms with van der Waals surface area (Å²) in [7, 11) is 0. The molecule has 1 amide bonds. The van der Waals surface area contributed by atoms with Crippen molar-refractivity contribution >= 4 is 5.91 Å². The average molecular weight is 339 g/mol. The zero-order chi connectivity index (χ0) is 17.8. The van der Waals surface area contributed by atoms with Crippen LogP contribution in [0.3, 0.4) is 0 Å². The van der Waals surface area contributed by atoms with Crippen molar-refractivity contribution in [2.45, 2.75) is 58.7 Å². The van der Waals surface area contributed by atoms with Gasteiger partial charge in [0.15, 0.2) is 0 Å². The van der Waals surface area contributed by atoms with Crippen molar-refractivity contribution in [3.05, 3.63) is 35.4 Å². The van der Waals surface area contributed by atoms with Crippen LogP contribution in [0.4, 0.5) is 13.2 Å². The molecule has 0 heterocycles. The first-order valence-corrected chi connectivity index (χ1v) is 8.49. The monoisotopic (exact) mass is 339 g/mol. The second-order valence-corrected chi connectivity index (χ2v) is 8.11. The van der Waals surface area contributed by atoms with Gasteiger partial charge in [0, 0.05) is 6.04 Å². The third-order valence-corrected chi connectivity index (χ3v) is 6.75. The van der Waals surface area contributed by atoms with Gasteiger partial charge < -0.3 is 5.32 Å². The molecule has 0 unspecified atom stereocenters. The molecule has 0 saturated heterocycles. The molecule has 2 aliphatic rings. The maximum atomic E-state index is 12.8. The topological polar surface area (TPSA) is 29.1 Å². The molecule has 132 valence electrons. The minimum Gasteiger partial charge on any atom is -0.353 e. The van der Waals surface area contributed by atoms with Crippen LogP contribution < -0.4 is 5.32 Å². The quantitative estimate of drug-likeness (QED) is 0.858. The molecule has 1 aromatic rings. The number of rotatable bonds is 3. The van der Waals surface area contributed by atoms with Crippen LogP contribution in [0.1, 0.15) is 51.2 Å². The molecule has 24 heavy (non-hydrogen) atoms. The highest BCUT2D eigenvalue weighted by Gasteiger charge is 2.61. The molecule has 0 radical (unpaired) electrons. The van der Waals surface area contributed by atoms with Crippen LogP contribution >= 0.6 is 0 Å². The van der Waals surface area contributed by atoms with Crippen LogP contribution in [-0.2, 0) is 17.4 Å². The zero-order valence-corrected chi connectivity index (χ0v) is 14.3. The van der Waals surface area contributed by atoms with E-state index in [1.165, 1.54) is 12.5 Å². The molecule has 2 saturated carbocycles. The number of hydrogen-bond acceptors (Lipinski definition) is 1. The average Bonchev–Trinajstić information content (AvgIpc) is 2.80. The van der Waals surface area contributed by atoms with E-state index >= 15 is 0 Å². The van der Waals surface area contributed by atoms with Crippen LogP contribution in [0, 0.1) is 16.7 Å². The van der Waals surface area contributed by atoms with E-state index in [2.05, 4.69) is 26.1 Å². The summed E-state index contributed by atoms with van der Waals surface area (Å²) in [5, 5.41) is 3.09. The van der Waals surface area contributed by atoms with Gasteiger partial charge in [-0.3, -0.25) is 4.79 Å². The zero-order valence-electron chi connectivity index (χ0n) is 14.3. The van der Waals surface area contributed by atoms with E-state index in [9.17, 15) is 18.0 Å². The Bertz CT molecular complexity index is 652. The first-order chi connectivity index (χ1) is 11.0. The standard InChI is InChI=1S/C19H24F3NO/c1-17(2)13-7-8-18(17,3)15(11-13)23-16(24)10-12-5-4-6-14(9-12)19(20,21)22/h4-6,9,13,15H,7-8,10-11H2,1-3H3,(H,23,24)/t13-,15+,18+/m0/s1. The summed E-state index contributed by atoms with van der Waals surface area (Å²) in [6.07, 6.45) is -1.13. The second-order valence-electron chi connectivity index (χ2n) is 8.11. The van der Waals surface area contributed by atoms with E-state index in [0.717, 1.165) is 25.0 Å². The van der Waals surface area contributed by atoms with Gasteiger partial charge in [-0.1, -0.05) is 39.0 Å². The first-order valence-electron chi connectivity index (χ1n) is 8.49. The second kappa shape index (κ2) is 5.50. The van der Waals surface area contributed by atoms with Crippen molar-refractivity contribution in [1.29, 1.82) is 0 Å². The minimum atomic E-state index is -4.38. The van der Waals surface area contributed by atoms with Crippen molar-refractivity contribution in [3.8, 4) is 0 Å². The Balaban J connectivity index is 1.67. The molecule has 2 nitrogen and oxygen atoms in total. The van der Waals surface area contributed by atoms with Gasteiger partial charge in [0.2, 0.25) is 5.91 Å². The Labute approximate surface area is 140 Å². The molecule has 1 aromatic carbocycles. The normalized spacial score (nSPS) is 31.2. The maximum Gasteiger partial charge on any atom is 0.416 e. The maximum absolute atomic E-state index is 12.8. The smallest absolute Gasteiger partial charge is 0.353 e. The number of carbonyl (C=O) groups excluding carboxylic acids is 1. The summed E-state index contributed by atoms with van der Waals surface area (Å²) >= 11 is 0. The number of fused-ring (bicyclic) bond motifs is 2. The first kappa shape index (κ1) is 17.3. The van der Waals surface area contributed by atoms with Crippen LogP contribution in [0.5, 0.6) is 0 Å². The van der Waals surface area contributed by atoms with Crippen molar-refractivity contribution < 1.29 is 18.0 Å². The Morgan fingerprint density at radius 2 is 2.00 bits per heavy atom. The summed E-state index contributed by atoms with van der Waals surface area (Å²) in [6, 6.07) is 5.13. The molecular weight excluding hydrogens is 315 g/mol. The van der Waals surface area contributed by atoms with Gasteiger partial charge in [-0.05, 0) is 47.6 Å². The number of alkyl halides is 3. The van der Waals surface area contributed by atoms with Gasteiger partial charge >= 0.3 is 6.18 Å². The van der Waals surface area contributed by atoms with E-state index in [4.69, 9.17) is 0 Å². The summed E-state index contributed by atoms with van der Waals surface area (Å²) in [5.41, 5.74) is -0.0434. The van der Waals surface area contributed by atoms with Crippen LogP contribution in [0.2, 0.25) is 0 Å². The lowest BCUT2D eigenvalue weighted by atomic mass is 9.69. The summed E-state index contributed by atoms with van der Waals surface area (Å²) < 4.78 is 38.3. The van der Waals surface area contributed by atoms with Gasteiger partial charge in [-0.15, -0.1) is 0 Å². The molecule has 0 aliphatic heterocycles. The van der Waals surface area contributed by atoms with Gasteiger partial charge in [0.25, 0.3) is 0 Å². The Hall–Kier alpha value is -1.52. The minimum absolute atomic E-state index is 0.0123. The molecule has 2 aliphatic carbocycles. The molecule has 2 bridgehead atoms. The lowest BCUT2D eigenvalue weighted by molar-refractivity contribution is -0.137. The molecule has 1 N–H and O–H groups in total. The molecule has 5 heteroatoms. The lowest BCUT2D eigenvalue weighted by Crippen LogP contribution is -2.47. The summed E-state index contributed by atoms with van der Waals surface area (Å²) in [4.78, 5) is 12.4. The summed E-state index contributed by atoms with van der Waals surface area (Å²) in [6.45, 7) is 6.77. The molecular formula is C19H24F3NO. The van der Waals surface area contributed by atoms with E-state index < -0.39 is 11.7 Å².